The molecule has 0 amide bonds. The number of fused-ring (bicyclic) bond motifs is 1. The molecule has 1 atom stereocenters. The lowest BCUT2D eigenvalue weighted by Crippen LogP contribution is -3.00. The molecule has 1 unspecified atom stereocenters. The number of nitrogens with two attached hydrogens (primary N) is 1. The summed E-state index contributed by atoms with van der Waals surface area (Å²) >= 11 is 5.36. The second-order valence-corrected chi connectivity index (χ2v) is 4.46. The molecule has 0 radical (unpaired) electrons. The molecular formula is C7H11Br2N3S. The molecule has 0 aliphatic carbocycles. The van der Waals surface area contributed by atoms with Crippen LogP contribution in [0.1, 0.15) is 6.42 Å². The van der Waals surface area contributed by atoms with Crippen molar-refractivity contribution >= 4 is 32.9 Å². The third kappa shape index (κ3) is 2.49. The second kappa shape index (κ2) is 5.38. The minimum Gasteiger partial charge on any atom is -1.00 e. The predicted molar refractivity (Wildman–Crippen MR) is 55.0 cm³/mol. The molecule has 1 saturated heterocycles. The van der Waals surface area contributed by atoms with Crippen LogP contribution in [0.3, 0.4) is 0 Å². The van der Waals surface area contributed by atoms with E-state index in [0.29, 0.717) is 6.04 Å². The van der Waals surface area contributed by atoms with Crippen molar-refractivity contribution in [2.24, 2.45) is 4.99 Å². The number of amidine groups is 1. The highest BCUT2D eigenvalue weighted by molar-refractivity contribution is 9.09. The van der Waals surface area contributed by atoms with Crippen LogP contribution in [0.5, 0.6) is 0 Å². The number of halogens is 2. The van der Waals surface area contributed by atoms with Crippen LogP contribution in [-0.4, -0.2) is 27.3 Å². The van der Waals surface area contributed by atoms with E-state index in [-0.39, 0.29) is 17.0 Å². The largest absolute Gasteiger partial charge is 1.00 e. The minimum absolute atomic E-state index is 0. The lowest BCUT2D eigenvalue weighted by Gasteiger charge is -2.33. The lowest BCUT2D eigenvalue weighted by atomic mass is 10.2. The molecule has 13 heavy (non-hydrogen) atoms. The van der Waals surface area contributed by atoms with Gasteiger partial charge in [-0.2, -0.15) is 5.01 Å². The molecule has 2 aliphatic heterocycles. The topological polar surface area (TPSA) is 32.2 Å². The normalized spacial score (nSPS) is 26.1. The average Bonchev–Trinajstić information content (AvgIpc) is 2.17. The van der Waals surface area contributed by atoms with Crippen LogP contribution in [0.25, 0.3) is 0 Å². The predicted octanol–water partition coefficient (Wildman–Crippen LogP) is -2.49. The van der Waals surface area contributed by atoms with Crippen molar-refractivity contribution < 1.29 is 22.4 Å². The quantitative estimate of drug-likeness (QED) is 0.427. The highest BCUT2D eigenvalue weighted by Gasteiger charge is 2.29. The fourth-order valence-corrected chi connectivity index (χ4v) is 3.04. The van der Waals surface area contributed by atoms with Crippen LogP contribution in [0.15, 0.2) is 17.4 Å². The minimum atomic E-state index is 0. The summed E-state index contributed by atoms with van der Waals surface area (Å²) in [5.41, 5.74) is 2.11. The van der Waals surface area contributed by atoms with Gasteiger partial charge in [0.25, 0.3) is 0 Å². The maximum atomic E-state index is 4.32. The zero-order chi connectivity index (χ0) is 8.39. The Morgan fingerprint density at radius 1 is 1.77 bits per heavy atom. The van der Waals surface area contributed by atoms with Gasteiger partial charge in [-0.15, -0.1) is 0 Å². The van der Waals surface area contributed by atoms with Gasteiger partial charge in [-0.25, -0.2) is 10.4 Å². The number of thioether (sulfide) groups is 1. The maximum absolute atomic E-state index is 4.32. The summed E-state index contributed by atoms with van der Waals surface area (Å²) in [5, 5.41) is 4.42. The zero-order valence-electron chi connectivity index (χ0n) is 6.99. The molecule has 2 N–H and O–H groups in total. The van der Waals surface area contributed by atoms with Crippen molar-refractivity contribution in [2.45, 2.75) is 12.5 Å². The van der Waals surface area contributed by atoms with Crippen molar-refractivity contribution in [1.29, 1.82) is 0 Å². The van der Waals surface area contributed by atoms with E-state index in [1.54, 1.807) is 0 Å². The number of quaternary nitrogens is 1. The van der Waals surface area contributed by atoms with Crippen molar-refractivity contribution in [3.63, 3.8) is 0 Å². The van der Waals surface area contributed by atoms with E-state index in [9.17, 15) is 0 Å². The first-order chi connectivity index (χ1) is 5.92. The third-order valence-electron chi connectivity index (χ3n) is 1.99. The van der Waals surface area contributed by atoms with Crippen molar-refractivity contribution in [1.82, 2.24) is 5.01 Å². The summed E-state index contributed by atoms with van der Waals surface area (Å²) in [4.78, 5) is 4.32. The second-order valence-electron chi connectivity index (χ2n) is 2.75. The molecule has 6 heteroatoms. The van der Waals surface area contributed by atoms with Crippen molar-refractivity contribution in [2.75, 3.05) is 11.1 Å². The molecule has 2 rings (SSSR count). The fourth-order valence-electron chi connectivity index (χ4n) is 1.33. The first-order valence-electron chi connectivity index (χ1n) is 3.97. The Balaban J connectivity index is 0.000000845. The number of hydrogen-bond acceptors (Lipinski definition) is 3. The average molecular weight is 329 g/mol. The molecule has 1 fully saturated rings. The number of hydrogen-bond donors (Lipinski definition) is 1. The highest BCUT2D eigenvalue weighted by Crippen LogP contribution is 2.21. The van der Waals surface area contributed by atoms with E-state index in [1.807, 2.05) is 24.2 Å². The van der Waals surface area contributed by atoms with E-state index in [4.69, 9.17) is 0 Å². The van der Waals surface area contributed by atoms with Crippen molar-refractivity contribution in [3.8, 4) is 0 Å². The molecule has 0 aromatic rings. The Morgan fingerprint density at radius 3 is 3.38 bits per heavy atom. The first-order valence-corrected chi connectivity index (χ1v) is 6.07. The Bertz CT molecular complexity index is 232. The van der Waals surface area contributed by atoms with Gasteiger partial charge in [0.2, 0.25) is 5.17 Å². The van der Waals surface area contributed by atoms with Gasteiger partial charge in [0.15, 0.2) is 0 Å². The first kappa shape index (κ1) is 11.6. The number of alkyl halides is 1. The molecule has 2 heterocycles. The van der Waals surface area contributed by atoms with Gasteiger partial charge < -0.3 is 17.0 Å². The van der Waals surface area contributed by atoms with Gasteiger partial charge in [-0.1, -0.05) is 27.7 Å². The highest BCUT2D eigenvalue weighted by atomic mass is 79.9. The summed E-state index contributed by atoms with van der Waals surface area (Å²) < 4.78 is 0. The van der Waals surface area contributed by atoms with Crippen LogP contribution < -0.4 is 22.4 Å². The van der Waals surface area contributed by atoms with E-state index < -0.39 is 0 Å². The Hall–Kier alpha value is 0.480. The van der Waals surface area contributed by atoms with Crippen LogP contribution in [0, 0.1) is 0 Å². The Labute approximate surface area is 101 Å². The summed E-state index contributed by atoms with van der Waals surface area (Å²) in [7, 11) is 0. The number of rotatable bonds is 1. The van der Waals surface area contributed by atoms with Crippen LogP contribution in [0.4, 0.5) is 0 Å². The smallest absolute Gasteiger partial charge is 0.212 e. The molecule has 0 aromatic heterocycles. The summed E-state index contributed by atoms with van der Waals surface area (Å²) in [6.07, 6.45) is 5.08. The van der Waals surface area contributed by atoms with Gasteiger partial charge >= 0.3 is 0 Å². The standard InChI is InChI=1S/C7H10BrN3S.BrH/c8-5-6-1-4-12-7-9-2-3-10-11(6)7;/h2-3,6,10H,1,4-5H2;1H. The van der Waals surface area contributed by atoms with E-state index in [0.717, 1.165) is 10.5 Å². The molecule has 74 valence electrons. The van der Waals surface area contributed by atoms with Gasteiger partial charge in [-0.05, 0) is 6.42 Å². The van der Waals surface area contributed by atoms with Gasteiger partial charge in [0, 0.05) is 11.1 Å². The molecular weight excluding hydrogens is 318 g/mol. The SMILES string of the molecule is BrCC1CCSC2=NC=C[NH2+]N21.[Br-]. The molecule has 0 aromatic carbocycles. The fraction of sp³-hybridized carbons (Fsp3) is 0.571. The Morgan fingerprint density at radius 2 is 2.62 bits per heavy atom. The summed E-state index contributed by atoms with van der Waals surface area (Å²) in [6, 6.07) is 0.593. The number of nitrogens with zero attached hydrogens (tertiary/aromatic N) is 2. The maximum Gasteiger partial charge on any atom is 0.212 e. The van der Waals surface area contributed by atoms with Gasteiger partial charge in [-0.3, -0.25) is 0 Å². The van der Waals surface area contributed by atoms with E-state index in [1.165, 1.54) is 12.2 Å². The van der Waals surface area contributed by atoms with Crippen molar-refractivity contribution in [3.05, 3.63) is 12.4 Å². The summed E-state index contributed by atoms with van der Waals surface area (Å²) in [5.74, 6) is 1.19. The van der Waals surface area contributed by atoms with Crippen LogP contribution in [-0.2, 0) is 0 Å². The molecule has 0 saturated carbocycles. The van der Waals surface area contributed by atoms with E-state index in [2.05, 4.69) is 31.4 Å². The molecule has 0 bridgehead atoms. The van der Waals surface area contributed by atoms with Crippen LogP contribution in [0.2, 0.25) is 0 Å². The monoisotopic (exact) mass is 327 g/mol. The zero-order valence-corrected chi connectivity index (χ0v) is 11.0. The van der Waals surface area contributed by atoms with Gasteiger partial charge in [0.1, 0.15) is 6.20 Å². The lowest BCUT2D eigenvalue weighted by molar-refractivity contribution is -0.735. The molecule has 0 spiro atoms. The summed E-state index contributed by atoms with van der Waals surface area (Å²) in [6.45, 7) is 0. The molecule has 2 aliphatic rings. The number of aliphatic imine (C=N–C) groups is 1. The van der Waals surface area contributed by atoms with Gasteiger partial charge in [0.05, 0.1) is 12.2 Å². The third-order valence-corrected chi connectivity index (χ3v) is 3.75. The van der Waals surface area contributed by atoms with E-state index >= 15 is 0 Å². The Kier molecular flexibility index (Phi) is 4.78. The van der Waals surface area contributed by atoms with Crippen LogP contribution >= 0.6 is 27.7 Å². The molecule has 3 nitrogen and oxygen atoms in total.